The van der Waals surface area contributed by atoms with Gasteiger partial charge in [-0.1, -0.05) is 57.2 Å². The van der Waals surface area contributed by atoms with Crippen LogP contribution in [0.3, 0.4) is 0 Å². The average molecular weight is 1490 g/mol. The number of nitro groups is 2. The molecule has 97 heavy (non-hydrogen) atoms. The monoisotopic (exact) mass is 1490 g/mol. The molecule has 32 heteroatoms. The minimum atomic E-state index is -1.10. The van der Waals surface area contributed by atoms with Crippen LogP contribution in [0.25, 0.3) is 0 Å². The van der Waals surface area contributed by atoms with E-state index in [1.54, 1.807) is 6.92 Å². The summed E-state index contributed by atoms with van der Waals surface area (Å²) in [5.74, 6) is -7.52. The Balaban J connectivity index is 0.000000177. The van der Waals surface area contributed by atoms with Crippen molar-refractivity contribution in [2.75, 3.05) is 76.2 Å². The number of alkyl halides is 1. The zero-order valence-corrected chi connectivity index (χ0v) is 58.4. The number of hydrogen-bond donors (Lipinski definition) is 8. The number of carbonyl (C=O) groups excluding carboxylic acids is 7. The van der Waals surface area contributed by atoms with Crippen molar-refractivity contribution in [2.45, 2.75) is 129 Å². The van der Waals surface area contributed by atoms with E-state index in [1.807, 2.05) is 49.3 Å². The van der Waals surface area contributed by atoms with Crippen LogP contribution in [0.4, 0.5) is 11.4 Å². The van der Waals surface area contributed by atoms with E-state index in [-0.39, 0.29) is 105 Å². The van der Waals surface area contributed by atoms with Crippen molar-refractivity contribution in [1.82, 2.24) is 34.7 Å². The number of likely N-dealkylation sites (tertiary alicyclic amines) is 3. The molecular weight excluding hydrogens is 1400 g/mol. The Morgan fingerprint density at radius 2 is 0.876 bits per heavy atom. The molecule has 0 aliphatic carbocycles. The molecule has 10 aliphatic heterocycles. The molecule has 1 unspecified atom stereocenters. The van der Waals surface area contributed by atoms with E-state index in [0.717, 1.165) is 65.6 Å². The molecule has 530 valence electrons. The Hall–Kier alpha value is -6.62. The van der Waals surface area contributed by atoms with Gasteiger partial charge in [-0.05, 0) is 93.0 Å². The maximum absolute atomic E-state index is 13.1. The van der Waals surface area contributed by atoms with E-state index >= 15 is 0 Å². The molecule has 0 radical (unpaired) electrons. The van der Waals surface area contributed by atoms with Crippen molar-refractivity contribution in [3.8, 4) is 0 Å². The van der Waals surface area contributed by atoms with Gasteiger partial charge in [-0.2, -0.15) is 0 Å². The number of fused-ring (bicyclic) bond motifs is 3. The van der Waals surface area contributed by atoms with Crippen molar-refractivity contribution >= 4 is 90.8 Å². The minimum absolute atomic E-state index is 0.00338. The number of aliphatic hydroxyl groups excluding tert-OH is 6. The van der Waals surface area contributed by atoms with Gasteiger partial charge in [-0.25, -0.2) is 24.0 Å². The van der Waals surface area contributed by atoms with E-state index in [4.69, 9.17) is 14.6 Å². The van der Waals surface area contributed by atoms with Crippen LogP contribution in [-0.2, 0) is 38.2 Å². The number of aliphatic carboxylic acids is 1. The average Bonchev–Trinajstić information content (AvgIpc) is 1.59. The van der Waals surface area contributed by atoms with E-state index in [9.17, 15) is 89.2 Å². The minimum Gasteiger partial charge on any atom is -0.477 e. The maximum Gasteiger partial charge on any atom is 0.362 e. The number of nitro benzene ring substituents is 2. The van der Waals surface area contributed by atoms with Crippen LogP contribution in [0.2, 0.25) is 0 Å². The first-order valence-electron chi connectivity index (χ1n) is 32.5. The summed E-state index contributed by atoms with van der Waals surface area (Å²) in [4.78, 5) is 131. The number of carboxylic acid groups (broad SMARTS) is 1. The summed E-state index contributed by atoms with van der Waals surface area (Å²) in [5, 5.41) is 92.0. The van der Waals surface area contributed by atoms with Crippen LogP contribution in [0, 0.1) is 61.7 Å². The fraction of sp³-hybridized carbons (Fsp3) is 0.600. The van der Waals surface area contributed by atoms with Gasteiger partial charge in [0.25, 0.3) is 11.4 Å². The van der Waals surface area contributed by atoms with Crippen LogP contribution in [-0.4, -0.2) is 253 Å². The number of β-amino-alcohol motifs (C(OH)–C–C–N with tert-alkyl or cyclic N) is 4. The summed E-state index contributed by atoms with van der Waals surface area (Å²) in [6.45, 7) is 19.2. The number of non-ortho nitro benzene ring substituents is 2. The lowest BCUT2D eigenvalue weighted by molar-refractivity contribution is -0.385. The molecule has 0 bridgehead atoms. The molecule has 8 N–H and O–H groups in total. The predicted molar refractivity (Wildman–Crippen MR) is 357 cm³/mol. The standard InChI is InChI=1S/C23H27N3O7.C22H25N3O8.C15H22N2O5.C4H9NO.CH4IP/c1-12(2)18-19-13(3)17(11-24-9-8-16(27)10-24)20(25(19)21(18)28)23(30)33-22(29)14-4-6-15(7-5-14)26(31)32;1-11-16(10-23-8-7-15(27)9-23)19(24-18(11)17(12(2)26)20(24)28)22(30)33-21(29)13-3-5-14(6-4-13)25(31)32;1-7-10(6-16-4-3-9(19)5-16)13(15(21)22)17-12(7)11(8(2)18)14(17)20;6-4-1-2-5-3-4;2-1-3/h4-7,12-13,16,18-19,27H,8-11H2,1-3H3;3-6,11-12,15,17-18,26-27H,7-10H2,1-2H3;7-9,11-12,18-19H,3-6H2,1-2H3,(H,21,22);4-6H,1-3H2;1,3H2/t13-,16-,18+,19+;11-,12+,15-,17+,18+;7-,8+,9-,11+,12+;4-;/m0000./s1. The van der Waals surface area contributed by atoms with Crippen molar-refractivity contribution in [3.63, 3.8) is 0 Å². The highest BCUT2D eigenvalue weighted by Crippen LogP contribution is 2.51. The highest BCUT2D eigenvalue weighted by molar-refractivity contribution is 14.1. The number of amides is 3. The van der Waals surface area contributed by atoms with E-state index in [1.165, 1.54) is 45.9 Å². The maximum atomic E-state index is 13.1. The molecule has 3 amide bonds. The number of halogens is 1. The number of esters is 4. The number of carbonyl (C=O) groups is 8. The van der Waals surface area contributed by atoms with Crippen LogP contribution in [0.15, 0.2) is 82.3 Å². The third kappa shape index (κ3) is 16.5. The number of ether oxygens (including phenoxy) is 2. The summed E-state index contributed by atoms with van der Waals surface area (Å²) in [7, 11) is 2.57. The second-order valence-electron chi connectivity index (χ2n) is 26.5. The molecule has 10 heterocycles. The van der Waals surface area contributed by atoms with Gasteiger partial charge in [-0.15, -0.1) is 9.24 Å². The first-order chi connectivity index (χ1) is 45.8. The second kappa shape index (κ2) is 32.6. The quantitative estimate of drug-likeness (QED) is 0.0174. The number of nitrogens with zero attached hydrogens (tertiary/aromatic N) is 8. The van der Waals surface area contributed by atoms with Gasteiger partial charge in [0.1, 0.15) is 17.1 Å². The van der Waals surface area contributed by atoms with E-state index in [2.05, 4.69) is 37.1 Å². The van der Waals surface area contributed by atoms with E-state index in [0.29, 0.717) is 77.2 Å². The lowest BCUT2D eigenvalue weighted by Crippen LogP contribution is -2.63. The number of rotatable bonds is 16. The Labute approximate surface area is 576 Å². The van der Waals surface area contributed by atoms with E-state index < -0.39 is 87.9 Å². The fourth-order valence-corrected chi connectivity index (χ4v) is 14.8. The third-order valence-electron chi connectivity index (χ3n) is 19.7. The number of aliphatic hydroxyl groups is 6. The Bertz CT molecular complexity index is 3270. The zero-order valence-electron chi connectivity index (χ0n) is 55.0. The fourth-order valence-electron chi connectivity index (χ4n) is 14.8. The van der Waals surface area contributed by atoms with Crippen LogP contribution in [0.1, 0.15) is 94.9 Å². The van der Waals surface area contributed by atoms with Crippen molar-refractivity contribution in [1.29, 1.82) is 0 Å². The molecule has 7 fully saturated rings. The molecule has 0 spiro atoms. The summed E-state index contributed by atoms with van der Waals surface area (Å²) in [5.41, 5.74) is 1.79. The van der Waals surface area contributed by atoms with Gasteiger partial charge in [0.15, 0.2) is 0 Å². The molecule has 12 rings (SSSR count). The van der Waals surface area contributed by atoms with Crippen molar-refractivity contribution in [2.24, 2.45) is 41.4 Å². The largest absolute Gasteiger partial charge is 0.477 e. The topological polar surface area (TPSA) is 414 Å². The highest BCUT2D eigenvalue weighted by atomic mass is 127. The summed E-state index contributed by atoms with van der Waals surface area (Å²) in [6.07, 6.45) is -0.143. The summed E-state index contributed by atoms with van der Waals surface area (Å²) in [6, 6.07) is 8.54. The molecular formula is C65H87IN9O21P. The molecule has 16 atom stereocenters. The highest BCUT2D eigenvalue weighted by Gasteiger charge is 2.63. The van der Waals surface area contributed by atoms with Gasteiger partial charge in [0.05, 0.1) is 93.5 Å². The molecule has 2 aromatic carbocycles. The molecule has 0 aromatic heterocycles. The van der Waals surface area contributed by atoms with Crippen molar-refractivity contribution < 1.29 is 93.4 Å². The Morgan fingerprint density at radius 1 is 0.557 bits per heavy atom. The Kier molecular flexibility index (Phi) is 25.6. The number of β-lactam (4-membered cyclic amide) rings is 3. The predicted octanol–water partition coefficient (Wildman–Crippen LogP) is 2.03. The zero-order chi connectivity index (χ0) is 71.3. The van der Waals surface area contributed by atoms with Crippen LogP contribution in [0.5, 0.6) is 0 Å². The van der Waals surface area contributed by atoms with Gasteiger partial charge in [0, 0.05) is 112 Å². The van der Waals surface area contributed by atoms with Crippen molar-refractivity contribution in [3.05, 3.63) is 114 Å². The number of carboxylic acids is 1. The second-order valence-corrected chi connectivity index (χ2v) is 29.4. The lowest BCUT2D eigenvalue weighted by atomic mass is 9.74. The molecule has 7 saturated heterocycles. The smallest absolute Gasteiger partial charge is 0.362 e. The first kappa shape index (κ1) is 76.1. The molecule has 10 aliphatic rings. The first-order valence-corrected chi connectivity index (χ1v) is 34.8. The molecule has 0 saturated carbocycles. The molecule has 2 aromatic rings. The molecule has 30 nitrogen and oxygen atoms in total. The van der Waals surface area contributed by atoms with Gasteiger partial charge in [0.2, 0.25) is 17.7 Å². The number of benzene rings is 2. The third-order valence-corrected chi connectivity index (χ3v) is 19.7. The summed E-state index contributed by atoms with van der Waals surface area (Å²) < 4.78 is 11.3. The summed E-state index contributed by atoms with van der Waals surface area (Å²) >= 11 is 2.25. The lowest BCUT2D eigenvalue weighted by Gasteiger charge is -2.47. The van der Waals surface area contributed by atoms with Crippen LogP contribution < -0.4 is 5.32 Å². The normalized spacial score (nSPS) is 29.3. The van der Waals surface area contributed by atoms with Gasteiger partial charge >= 0.3 is 29.8 Å². The SMILES string of the molecule is CC(C)[C@H]1C(=O)N2C(C(=O)OC(=O)c3ccc([N+](=O)[O-])cc3)=C(CN3CC[C@H](O)C3)[C@H](C)[C@H]12.C[C@@H](O)[C@H]1C(=O)N2C(C(=O)O)=C(CN3CC[C@H](O)C3)[C@H](C)[C@H]12.C[C@@H](O)[C@H]1C(=O)N2C(C(=O)OC(=O)c3ccc([N+](=O)[O-])cc3)=C(CN3CC[C@H](O)C3)[C@H](C)[C@H]12.O[C@H]1CCNC1.PCI. The van der Waals surface area contributed by atoms with Gasteiger partial charge in [-0.3, -0.25) is 49.3 Å². The number of nitrogens with one attached hydrogen (secondary N) is 1. The Morgan fingerprint density at radius 3 is 1.13 bits per heavy atom. The van der Waals surface area contributed by atoms with Gasteiger partial charge < -0.3 is 65.2 Å². The number of hydrogen-bond acceptors (Lipinski definition) is 24. The van der Waals surface area contributed by atoms with Crippen LogP contribution >= 0.6 is 31.8 Å².